The van der Waals surface area contributed by atoms with Crippen molar-refractivity contribution in [3.8, 4) is 0 Å². The van der Waals surface area contributed by atoms with Crippen LogP contribution in [0.25, 0.3) is 0 Å². The first-order valence-corrected chi connectivity index (χ1v) is 9.86. The van der Waals surface area contributed by atoms with Crippen LogP contribution in [0.3, 0.4) is 0 Å². The van der Waals surface area contributed by atoms with Gasteiger partial charge < -0.3 is 0 Å². The number of sulfone groups is 1. The van der Waals surface area contributed by atoms with Gasteiger partial charge in [-0.3, -0.25) is 0 Å². The fourth-order valence-corrected chi connectivity index (χ4v) is 6.86. The first-order chi connectivity index (χ1) is 6.45. The first kappa shape index (κ1) is 14.4. The Hall–Kier alpha value is 0.380. The lowest BCUT2D eigenvalue weighted by Gasteiger charge is -2.23. The van der Waals surface area contributed by atoms with Crippen LogP contribution >= 0.6 is 7.26 Å². The molecule has 0 aromatic carbocycles. The molecule has 0 aliphatic carbocycles. The zero-order chi connectivity index (χ0) is 11.2. The fraction of sp³-hybridized carbons (Fsp3) is 1.00. The van der Waals surface area contributed by atoms with Gasteiger partial charge in [0.15, 0.2) is 9.84 Å². The van der Waals surface area contributed by atoms with E-state index in [0.717, 1.165) is 6.16 Å². The van der Waals surface area contributed by atoms with E-state index in [0.29, 0.717) is 11.5 Å². The molecule has 0 rings (SSSR count). The van der Waals surface area contributed by atoms with Crippen LogP contribution in [-0.2, 0) is 9.84 Å². The largest absolute Gasteiger partial charge is 0.229 e. The number of hydrogen-bond acceptors (Lipinski definition) is 2. The average Bonchev–Trinajstić information content (AvgIpc) is 2.21. The fourth-order valence-electron chi connectivity index (χ4n) is 1.62. The maximum Gasteiger partial charge on any atom is 0.153 e. The van der Waals surface area contributed by atoms with Crippen LogP contribution in [0.15, 0.2) is 0 Å². The zero-order valence-electron chi connectivity index (χ0n) is 9.91. The Morgan fingerprint density at radius 2 is 1.36 bits per heavy atom. The molecule has 86 valence electrons. The van der Waals surface area contributed by atoms with E-state index in [9.17, 15) is 8.42 Å². The molecular weight excluding hydrogens is 215 g/mol. The van der Waals surface area contributed by atoms with E-state index in [1.54, 1.807) is 6.92 Å². The third-order valence-corrected chi connectivity index (χ3v) is 10.5. The molecule has 0 spiro atoms. The molecule has 0 N–H and O–H groups in total. The molecule has 0 unspecified atom stereocenters. The van der Waals surface area contributed by atoms with Crippen molar-refractivity contribution in [3.63, 3.8) is 0 Å². The van der Waals surface area contributed by atoms with Crippen molar-refractivity contribution in [1.82, 2.24) is 0 Å². The van der Waals surface area contributed by atoms with Crippen LogP contribution < -0.4 is 0 Å². The summed E-state index contributed by atoms with van der Waals surface area (Å²) in [5, 5.41) is 0. The number of rotatable bonds is 7. The van der Waals surface area contributed by atoms with E-state index in [1.165, 1.54) is 18.5 Å². The van der Waals surface area contributed by atoms with Crippen LogP contribution in [0.5, 0.6) is 0 Å². The predicted molar refractivity (Wildman–Crippen MR) is 67.7 cm³/mol. The van der Waals surface area contributed by atoms with E-state index in [1.807, 2.05) is 0 Å². The van der Waals surface area contributed by atoms with Gasteiger partial charge in [0.1, 0.15) is 0 Å². The molecule has 14 heavy (non-hydrogen) atoms. The first-order valence-electron chi connectivity index (χ1n) is 5.50. The van der Waals surface area contributed by atoms with E-state index >= 15 is 0 Å². The summed E-state index contributed by atoms with van der Waals surface area (Å²) in [5.41, 5.74) is 0. The summed E-state index contributed by atoms with van der Waals surface area (Å²) in [6.07, 6.45) is 4.52. The standard InChI is InChI=1S/C10H24O2PS/c1-5-13(6-2,7-3)9-10-14(11,12)8-4/h5-10H2,1-4H3/q+1. The Morgan fingerprint density at radius 3 is 1.64 bits per heavy atom. The Balaban J connectivity index is 4.34. The van der Waals surface area contributed by atoms with Gasteiger partial charge in [0.2, 0.25) is 0 Å². The molecule has 0 aliphatic heterocycles. The third kappa shape index (κ3) is 4.27. The second-order valence-electron chi connectivity index (χ2n) is 3.75. The molecule has 0 bridgehead atoms. The SMILES string of the molecule is CC[P+](CC)(CC)CCS(=O)(=O)CC. The molecule has 2 nitrogen and oxygen atoms in total. The number of hydrogen-bond donors (Lipinski definition) is 0. The predicted octanol–water partition coefficient (Wildman–Crippen LogP) is 2.50. The maximum absolute atomic E-state index is 11.4. The monoisotopic (exact) mass is 239 g/mol. The highest BCUT2D eigenvalue weighted by Gasteiger charge is 2.32. The van der Waals surface area contributed by atoms with Crippen molar-refractivity contribution >= 4 is 17.1 Å². The van der Waals surface area contributed by atoms with Gasteiger partial charge in [0, 0.05) is 13.0 Å². The van der Waals surface area contributed by atoms with E-state index < -0.39 is 17.1 Å². The molecule has 0 aromatic rings. The Morgan fingerprint density at radius 1 is 0.929 bits per heavy atom. The summed E-state index contributed by atoms with van der Waals surface area (Å²) >= 11 is 0. The topological polar surface area (TPSA) is 34.1 Å². The van der Waals surface area contributed by atoms with Gasteiger partial charge in [0.25, 0.3) is 0 Å². The van der Waals surface area contributed by atoms with Gasteiger partial charge in [-0.15, -0.1) is 0 Å². The second-order valence-corrected chi connectivity index (χ2v) is 11.3. The van der Waals surface area contributed by atoms with Gasteiger partial charge in [-0.2, -0.15) is 0 Å². The minimum Gasteiger partial charge on any atom is -0.229 e. The Labute approximate surface area is 89.7 Å². The van der Waals surface area contributed by atoms with Crippen LogP contribution in [-0.4, -0.2) is 44.6 Å². The Bertz CT molecular complexity index is 235. The van der Waals surface area contributed by atoms with Gasteiger partial charge >= 0.3 is 0 Å². The summed E-state index contributed by atoms with van der Waals surface area (Å²) in [6, 6.07) is 0. The van der Waals surface area contributed by atoms with Crippen molar-refractivity contribution in [2.75, 3.05) is 36.2 Å². The van der Waals surface area contributed by atoms with Crippen LogP contribution in [0.2, 0.25) is 0 Å². The summed E-state index contributed by atoms with van der Waals surface area (Å²) in [4.78, 5) is 0. The second kappa shape index (κ2) is 6.07. The molecule has 0 heterocycles. The molecule has 0 amide bonds. The van der Waals surface area contributed by atoms with E-state index in [4.69, 9.17) is 0 Å². The van der Waals surface area contributed by atoms with Crippen molar-refractivity contribution in [2.24, 2.45) is 0 Å². The molecule has 4 heteroatoms. The highest BCUT2D eigenvalue weighted by molar-refractivity contribution is 7.92. The van der Waals surface area contributed by atoms with Crippen molar-refractivity contribution in [1.29, 1.82) is 0 Å². The summed E-state index contributed by atoms with van der Waals surface area (Å²) in [6.45, 7) is 8.36. The Kier molecular flexibility index (Phi) is 6.24. The molecule has 0 aromatic heterocycles. The van der Waals surface area contributed by atoms with E-state index in [2.05, 4.69) is 20.8 Å². The molecular formula is C10H24O2PS+. The summed E-state index contributed by atoms with van der Waals surface area (Å²) in [5.74, 6) is 0.705. The van der Waals surface area contributed by atoms with Crippen LogP contribution in [0.1, 0.15) is 27.7 Å². The quantitative estimate of drug-likeness (QED) is 0.640. The van der Waals surface area contributed by atoms with Gasteiger partial charge in [-0.05, 0) is 20.8 Å². The highest BCUT2D eigenvalue weighted by atomic mass is 32.2. The van der Waals surface area contributed by atoms with Crippen LogP contribution in [0, 0.1) is 0 Å². The molecule has 0 atom stereocenters. The minimum absolute atomic E-state index is 0.296. The summed E-state index contributed by atoms with van der Waals surface area (Å²) in [7, 11) is -3.68. The molecule has 0 saturated carbocycles. The third-order valence-electron chi connectivity index (χ3n) is 3.33. The van der Waals surface area contributed by atoms with E-state index in [-0.39, 0.29) is 0 Å². The average molecular weight is 239 g/mol. The van der Waals surface area contributed by atoms with Crippen molar-refractivity contribution in [3.05, 3.63) is 0 Å². The van der Waals surface area contributed by atoms with Gasteiger partial charge in [-0.25, -0.2) is 8.42 Å². The van der Waals surface area contributed by atoms with Crippen LogP contribution in [0.4, 0.5) is 0 Å². The lowest BCUT2D eigenvalue weighted by Crippen LogP contribution is -2.17. The molecule has 0 fully saturated rings. The molecule has 0 saturated heterocycles. The van der Waals surface area contributed by atoms with Crippen molar-refractivity contribution in [2.45, 2.75) is 27.7 Å². The zero-order valence-corrected chi connectivity index (χ0v) is 11.6. The maximum atomic E-state index is 11.4. The molecule has 0 aliphatic rings. The lowest BCUT2D eigenvalue weighted by molar-refractivity contribution is 0.598. The van der Waals surface area contributed by atoms with Gasteiger partial charge in [-0.1, -0.05) is 6.92 Å². The highest BCUT2D eigenvalue weighted by Crippen LogP contribution is 2.57. The minimum atomic E-state index is -2.76. The smallest absolute Gasteiger partial charge is 0.153 e. The van der Waals surface area contributed by atoms with Gasteiger partial charge in [0.05, 0.1) is 30.4 Å². The lowest BCUT2D eigenvalue weighted by atomic mass is 10.9. The summed E-state index contributed by atoms with van der Waals surface area (Å²) < 4.78 is 22.8. The van der Waals surface area contributed by atoms with Crippen molar-refractivity contribution < 1.29 is 8.42 Å². The molecule has 0 radical (unpaired) electrons. The normalized spacial score (nSPS) is 13.1.